The van der Waals surface area contributed by atoms with Crippen LogP contribution in [-0.4, -0.2) is 0 Å². The smallest absolute Gasteiger partial charge is 0.0726 e. The van der Waals surface area contributed by atoms with E-state index >= 15 is 0 Å². The molecule has 5 aliphatic rings. The minimum atomic E-state index is -0.642. The maximum atomic E-state index is 10.2. The molecule has 0 heterocycles. The number of benzene rings is 9. The van der Waals surface area contributed by atoms with Crippen molar-refractivity contribution in [1.82, 2.24) is 0 Å². The van der Waals surface area contributed by atoms with Crippen LogP contribution in [-0.2, 0) is 10.8 Å². The summed E-state index contributed by atoms with van der Waals surface area (Å²) in [4.78, 5) is 4.44. The summed E-state index contributed by atoms with van der Waals surface area (Å²) < 4.78 is 38.8. The number of para-hydroxylation sites is 2. The van der Waals surface area contributed by atoms with E-state index in [1.165, 1.54) is 62.1 Å². The molecular formula is C65H52N2. The van der Waals surface area contributed by atoms with E-state index in [0.29, 0.717) is 23.1 Å². The van der Waals surface area contributed by atoms with Crippen LogP contribution < -0.4 is 9.80 Å². The van der Waals surface area contributed by atoms with Crippen LogP contribution in [0.4, 0.5) is 34.1 Å². The number of hydrogen-bond acceptors (Lipinski definition) is 2. The van der Waals surface area contributed by atoms with E-state index in [0.717, 1.165) is 58.8 Å². The minimum absolute atomic E-state index is 0.0476. The predicted molar refractivity (Wildman–Crippen MR) is 278 cm³/mol. The second-order valence-electron chi connectivity index (χ2n) is 20.1. The summed E-state index contributed by atoms with van der Waals surface area (Å²) in [5.41, 5.74) is 19.4. The summed E-state index contributed by atoms with van der Waals surface area (Å²) >= 11 is 0. The first-order valence-corrected chi connectivity index (χ1v) is 24.2. The van der Waals surface area contributed by atoms with Gasteiger partial charge in [0.25, 0.3) is 0 Å². The molecule has 2 heteroatoms. The molecule has 2 bridgehead atoms. The molecule has 0 N–H and O–H groups in total. The highest BCUT2D eigenvalue weighted by Crippen LogP contribution is 2.64. The lowest BCUT2D eigenvalue weighted by Gasteiger charge is -2.33. The first kappa shape index (κ1) is 34.9. The van der Waals surface area contributed by atoms with Crippen LogP contribution in [0.2, 0.25) is 0 Å². The quantitative estimate of drug-likeness (QED) is 0.157. The SMILES string of the molecule is [2H]c1c([2H])c(C2CC3CCC2C3)c([2H])c(N(c2ccc3c(c2)-c2ccccc2C32c3ccccc3-c3ccc(N(c4ccccc4)c4ccccc4)cc32)c2ccc3c(c2)C(C)(C)c2ccccc2-3)c1[2H]. The van der Waals surface area contributed by atoms with Crippen molar-refractivity contribution in [3.05, 3.63) is 251 Å². The molecule has 0 radical (unpaired) electrons. The summed E-state index contributed by atoms with van der Waals surface area (Å²) in [7, 11) is 0. The van der Waals surface area contributed by atoms with E-state index in [1.54, 1.807) is 0 Å². The zero-order chi connectivity index (χ0) is 47.9. The summed E-state index contributed by atoms with van der Waals surface area (Å²) in [5, 5.41) is 0. The molecule has 2 saturated carbocycles. The largest absolute Gasteiger partial charge is 0.310 e. The molecule has 322 valence electrons. The molecule has 14 rings (SSSR count). The Labute approximate surface area is 400 Å². The summed E-state index contributed by atoms with van der Waals surface area (Å²) in [6.45, 7) is 4.57. The molecule has 0 aliphatic heterocycles. The molecule has 0 aromatic heterocycles. The van der Waals surface area contributed by atoms with Crippen LogP contribution >= 0.6 is 0 Å². The van der Waals surface area contributed by atoms with Crippen LogP contribution in [0.5, 0.6) is 0 Å². The monoisotopic (exact) mass is 864 g/mol. The second kappa shape index (κ2) is 14.5. The first-order chi connectivity index (χ1) is 34.6. The first-order valence-electron chi connectivity index (χ1n) is 26.2. The molecule has 0 saturated heterocycles. The lowest BCUT2D eigenvalue weighted by atomic mass is 9.70. The lowest BCUT2D eigenvalue weighted by Crippen LogP contribution is -2.26. The van der Waals surface area contributed by atoms with Gasteiger partial charge in [0.2, 0.25) is 0 Å². The molecule has 67 heavy (non-hydrogen) atoms. The molecule has 2 nitrogen and oxygen atoms in total. The van der Waals surface area contributed by atoms with E-state index in [2.05, 4.69) is 212 Å². The van der Waals surface area contributed by atoms with Gasteiger partial charge in [-0.1, -0.05) is 160 Å². The normalized spacial score (nSPS) is 21.3. The van der Waals surface area contributed by atoms with Crippen LogP contribution in [0, 0.1) is 11.8 Å². The number of rotatable bonds is 7. The van der Waals surface area contributed by atoms with Crippen molar-refractivity contribution in [2.75, 3.05) is 9.80 Å². The average Bonchev–Trinajstić information content (AvgIpc) is 4.22. The molecule has 4 unspecified atom stereocenters. The Morgan fingerprint density at radius 3 is 1.57 bits per heavy atom. The van der Waals surface area contributed by atoms with Crippen molar-refractivity contribution >= 4 is 34.1 Å². The van der Waals surface area contributed by atoms with Crippen LogP contribution in [0.15, 0.2) is 212 Å². The molecular weight excluding hydrogens is 809 g/mol. The topological polar surface area (TPSA) is 6.48 Å². The highest BCUT2D eigenvalue weighted by Gasteiger charge is 2.52. The molecule has 0 amide bonds. The van der Waals surface area contributed by atoms with E-state index in [4.69, 9.17) is 0 Å². The van der Waals surface area contributed by atoms with Crippen LogP contribution in [0.1, 0.15) is 89.9 Å². The van der Waals surface area contributed by atoms with Gasteiger partial charge in [0.05, 0.1) is 10.9 Å². The van der Waals surface area contributed by atoms with Gasteiger partial charge < -0.3 is 9.80 Å². The Balaban J connectivity index is 1.01. The van der Waals surface area contributed by atoms with Gasteiger partial charge >= 0.3 is 0 Å². The minimum Gasteiger partial charge on any atom is -0.310 e. The Morgan fingerprint density at radius 2 is 0.925 bits per heavy atom. The zero-order valence-corrected chi connectivity index (χ0v) is 37.9. The Hall–Kier alpha value is -7.42. The molecule has 1 spiro atoms. The van der Waals surface area contributed by atoms with Crippen molar-refractivity contribution in [2.24, 2.45) is 11.8 Å². The fourth-order valence-electron chi connectivity index (χ4n) is 13.5. The molecule has 9 aromatic rings. The number of nitrogens with zero attached hydrogens (tertiary/aromatic N) is 2. The Bertz CT molecular complexity index is 3640. The van der Waals surface area contributed by atoms with E-state index < -0.39 is 5.41 Å². The summed E-state index contributed by atoms with van der Waals surface area (Å²) in [6, 6.07) is 68.1. The van der Waals surface area contributed by atoms with Gasteiger partial charge in [-0.25, -0.2) is 0 Å². The zero-order valence-electron chi connectivity index (χ0n) is 41.9. The number of anilines is 6. The van der Waals surface area contributed by atoms with Crippen molar-refractivity contribution in [2.45, 2.75) is 56.3 Å². The van der Waals surface area contributed by atoms with Gasteiger partial charge in [0.1, 0.15) is 0 Å². The maximum absolute atomic E-state index is 10.2. The standard InChI is InChI=1S/C65H52N2/c1-64(2)58-25-12-9-22-51(58)54-33-30-49(40-62(54)64)67(47-21-15-16-43(38-47)56-37-42-28-29-44(56)36-42)48-32-35-61-57(39-48)53-24-11-14-27-60(53)65(61)59-26-13-10-23-52(59)55-34-31-50(41-63(55)65)66(45-17-5-3-6-18-45)46-19-7-4-8-20-46/h3-27,30-35,38-42,44,56H,28-29,36-37H2,1-2H3/i15D,16D,21D,38D. The molecule has 4 atom stereocenters. The molecule has 5 aliphatic carbocycles. The number of fused-ring (bicyclic) bond motifs is 15. The summed E-state index contributed by atoms with van der Waals surface area (Å²) in [6.07, 6.45) is 4.36. The van der Waals surface area contributed by atoms with Crippen LogP contribution in [0.3, 0.4) is 0 Å². The fourth-order valence-corrected chi connectivity index (χ4v) is 13.5. The summed E-state index contributed by atoms with van der Waals surface area (Å²) in [5.74, 6) is 1.05. The molecule has 2 fully saturated rings. The van der Waals surface area contributed by atoms with Crippen molar-refractivity contribution < 1.29 is 5.48 Å². The fraction of sp³-hybridized carbons (Fsp3) is 0.169. The van der Waals surface area contributed by atoms with Crippen molar-refractivity contribution in [3.63, 3.8) is 0 Å². The van der Waals surface area contributed by atoms with Gasteiger partial charge in [0, 0.05) is 39.5 Å². The highest BCUT2D eigenvalue weighted by atomic mass is 15.1. The average molecular weight is 865 g/mol. The Morgan fingerprint density at radius 1 is 0.418 bits per heavy atom. The van der Waals surface area contributed by atoms with E-state index in [-0.39, 0.29) is 35.5 Å². The third-order valence-corrected chi connectivity index (χ3v) is 16.4. The van der Waals surface area contributed by atoms with Crippen LogP contribution in [0.25, 0.3) is 33.4 Å². The lowest BCUT2D eigenvalue weighted by molar-refractivity contribution is 0.420. The van der Waals surface area contributed by atoms with Gasteiger partial charge in [0.15, 0.2) is 0 Å². The van der Waals surface area contributed by atoms with E-state index in [1.807, 2.05) is 0 Å². The van der Waals surface area contributed by atoms with Gasteiger partial charge in [-0.05, 0) is 182 Å². The Kier molecular flexibility index (Phi) is 7.57. The van der Waals surface area contributed by atoms with Crippen molar-refractivity contribution in [1.29, 1.82) is 0 Å². The second-order valence-corrected chi connectivity index (χ2v) is 20.1. The van der Waals surface area contributed by atoms with Gasteiger partial charge in [-0.2, -0.15) is 0 Å². The molecule has 9 aromatic carbocycles. The van der Waals surface area contributed by atoms with Gasteiger partial charge in [-0.15, -0.1) is 0 Å². The van der Waals surface area contributed by atoms with Crippen molar-refractivity contribution in [3.8, 4) is 33.4 Å². The highest BCUT2D eigenvalue weighted by molar-refractivity contribution is 5.98. The number of hydrogen-bond donors (Lipinski definition) is 0. The predicted octanol–water partition coefficient (Wildman–Crippen LogP) is 17.2. The third-order valence-electron chi connectivity index (χ3n) is 16.4. The van der Waals surface area contributed by atoms with E-state index in [9.17, 15) is 5.48 Å². The third kappa shape index (κ3) is 5.56. The van der Waals surface area contributed by atoms with Gasteiger partial charge in [-0.3, -0.25) is 0 Å². The maximum Gasteiger partial charge on any atom is 0.0726 e.